The minimum Gasteiger partial charge on any atom is -0.284 e. The Balaban J connectivity index is 2.54. The van der Waals surface area contributed by atoms with E-state index in [0.29, 0.717) is 5.92 Å². The highest BCUT2D eigenvalue weighted by Gasteiger charge is 2.03. The van der Waals surface area contributed by atoms with Crippen molar-refractivity contribution in [1.82, 2.24) is 4.57 Å². The first-order chi connectivity index (χ1) is 8.61. The van der Waals surface area contributed by atoms with Crippen LogP contribution in [0.5, 0.6) is 0 Å². The van der Waals surface area contributed by atoms with Gasteiger partial charge in [-0.2, -0.15) is 0 Å². The maximum Gasteiger partial charge on any atom is 0.255 e. The van der Waals surface area contributed by atoms with Crippen molar-refractivity contribution in [1.29, 1.82) is 0 Å². The van der Waals surface area contributed by atoms with Crippen LogP contribution in [0.4, 0.5) is 0 Å². The molecule has 2 rings (SSSR count). The van der Waals surface area contributed by atoms with Crippen molar-refractivity contribution in [3.8, 4) is 5.69 Å². The lowest BCUT2D eigenvalue weighted by Crippen LogP contribution is -2.16. The van der Waals surface area contributed by atoms with Crippen molar-refractivity contribution in [3.63, 3.8) is 0 Å². The third kappa shape index (κ3) is 2.47. The molecule has 0 bridgehead atoms. The SMILES string of the molecule is [2H]Cc1ccc(=O)n(-c2cccc(C(C)C)c2)c1. The molecule has 17 heavy (non-hydrogen) atoms. The molecule has 0 saturated carbocycles. The summed E-state index contributed by atoms with van der Waals surface area (Å²) < 4.78 is 8.98. The van der Waals surface area contributed by atoms with Gasteiger partial charge in [0.25, 0.3) is 5.56 Å². The van der Waals surface area contributed by atoms with Gasteiger partial charge in [0.05, 0.1) is 0 Å². The van der Waals surface area contributed by atoms with E-state index in [2.05, 4.69) is 19.9 Å². The number of hydrogen-bond acceptors (Lipinski definition) is 1. The highest BCUT2D eigenvalue weighted by atomic mass is 16.1. The van der Waals surface area contributed by atoms with Gasteiger partial charge in [-0.05, 0) is 36.1 Å². The lowest BCUT2D eigenvalue weighted by Gasteiger charge is -2.10. The van der Waals surface area contributed by atoms with Crippen LogP contribution in [0.2, 0.25) is 0 Å². The number of aromatic nitrogens is 1. The van der Waals surface area contributed by atoms with Gasteiger partial charge >= 0.3 is 0 Å². The summed E-state index contributed by atoms with van der Waals surface area (Å²) in [6.07, 6.45) is 1.74. The fourth-order valence-electron chi connectivity index (χ4n) is 1.77. The van der Waals surface area contributed by atoms with Crippen LogP contribution in [-0.4, -0.2) is 4.57 Å². The minimum atomic E-state index is -0.0619. The highest BCUT2D eigenvalue weighted by Crippen LogP contribution is 2.17. The van der Waals surface area contributed by atoms with E-state index in [-0.39, 0.29) is 12.5 Å². The summed E-state index contributed by atoms with van der Waals surface area (Å²) in [7, 11) is 0. The first-order valence-corrected chi connectivity index (χ1v) is 5.73. The average molecular weight is 228 g/mol. The predicted octanol–water partition coefficient (Wildman–Crippen LogP) is 3.27. The van der Waals surface area contributed by atoms with Crippen molar-refractivity contribution < 1.29 is 1.37 Å². The highest BCUT2D eigenvalue weighted by molar-refractivity contribution is 5.37. The average Bonchev–Trinajstić information content (AvgIpc) is 2.39. The number of pyridine rings is 1. The summed E-state index contributed by atoms with van der Waals surface area (Å²) in [6.45, 7) is 4.44. The van der Waals surface area contributed by atoms with Crippen LogP contribution in [0.25, 0.3) is 5.69 Å². The van der Waals surface area contributed by atoms with Crippen molar-refractivity contribution in [2.24, 2.45) is 0 Å². The van der Waals surface area contributed by atoms with Crippen LogP contribution >= 0.6 is 0 Å². The second kappa shape index (κ2) is 4.58. The van der Waals surface area contributed by atoms with Crippen LogP contribution in [0.3, 0.4) is 0 Å². The summed E-state index contributed by atoms with van der Waals surface area (Å²) in [5.41, 5.74) is 2.84. The van der Waals surface area contributed by atoms with Crippen LogP contribution in [-0.2, 0) is 0 Å². The molecule has 1 heterocycles. The zero-order valence-electron chi connectivity index (χ0n) is 11.2. The second-order valence-corrected chi connectivity index (χ2v) is 4.50. The van der Waals surface area contributed by atoms with E-state index in [9.17, 15) is 4.79 Å². The first-order valence-electron chi connectivity index (χ1n) is 6.43. The molecule has 0 radical (unpaired) electrons. The smallest absolute Gasteiger partial charge is 0.255 e. The maximum absolute atomic E-state index is 11.9. The van der Waals surface area contributed by atoms with E-state index < -0.39 is 0 Å². The van der Waals surface area contributed by atoms with Crippen molar-refractivity contribution in [2.75, 3.05) is 0 Å². The van der Waals surface area contributed by atoms with Gasteiger partial charge in [0.15, 0.2) is 0 Å². The first kappa shape index (κ1) is 10.3. The molecule has 0 unspecified atom stereocenters. The molecule has 88 valence electrons. The Kier molecular flexibility index (Phi) is 2.78. The number of nitrogens with zero attached hydrogens (tertiary/aromatic N) is 1. The fraction of sp³-hybridized carbons (Fsp3) is 0.267. The van der Waals surface area contributed by atoms with E-state index in [1.165, 1.54) is 11.6 Å². The van der Waals surface area contributed by atoms with Gasteiger partial charge in [0, 0.05) is 19.3 Å². The van der Waals surface area contributed by atoms with Crippen LogP contribution in [0.15, 0.2) is 47.4 Å². The van der Waals surface area contributed by atoms with Crippen LogP contribution in [0, 0.1) is 6.90 Å². The van der Waals surface area contributed by atoms with Crippen molar-refractivity contribution in [2.45, 2.75) is 26.7 Å². The van der Waals surface area contributed by atoms with Crippen LogP contribution < -0.4 is 5.56 Å². The fourth-order valence-corrected chi connectivity index (χ4v) is 1.77. The quantitative estimate of drug-likeness (QED) is 0.773. The van der Waals surface area contributed by atoms with Gasteiger partial charge < -0.3 is 0 Å². The van der Waals surface area contributed by atoms with E-state index in [1.807, 2.05) is 18.2 Å². The number of rotatable bonds is 2. The molecular formula is C15H17NO. The molecule has 2 heteroatoms. The normalized spacial score (nSPS) is 11.6. The summed E-state index contributed by atoms with van der Waals surface area (Å²) in [4.78, 5) is 11.9. The van der Waals surface area contributed by atoms with E-state index in [1.54, 1.807) is 16.8 Å². The zero-order chi connectivity index (χ0) is 13.1. The summed E-state index contributed by atoms with van der Waals surface area (Å²) in [5, 5.41) is 0. The van der Waals surface area contributed by atoms with Gasteiger partial charge in [-0.15, -0.1) is 0 Å². The molecular weight excluding hydrogens is 210 g/mol. The maximum atomic E-state index is 11.9. The number of hydrogen-bond donors (Lipinski definition) is 0. The third-order valence-electron chi connectivity index (χ3n) is 2.79. The monoisotopic (exact) mass is 228 g/mol. The molecule has 1 aromatic heterocycles. The summed E-state index contributed by atoms with van der Waals surface area (Å²) >= 11 is 0. The summed E-state index contributed by atoms with van der Waals surface area (Å²) in [5.74, 6) is 0.431. The van der Waals surface area contributed by atoms with Gasteiger partial charge in [-0.1, -0.05) is 32.0 Å². The van der Waals surface area contributed by atoms with E-state index >= 15 is 0 Å². The lowest BCUT2D eigenvalue weighted by molar-refractivity contribution is 0.860. The Morgan fingerprint density at radius 2 is 2.06 bits per heavy atom. The molecule has 0 aliphatic heterocycles. The molecule has 2 aromatic rings. The molecule has 0 fully saturated rings. The van der Waals surface area contributed by atoms with E-state index in [4.69, 9.17) is 1.37 Å². The Morgan fingerprint density at radius 3 is 2.76 bits per heavy atom. The Morgan fingerprint density at radius 1 is 1.24 bits per heavy atom. The predicted molar refractivity (Wildman–Crippen MR) is 70.9 cm³/mol. The second-order valence-electron chi connectivity index (χ2n) is 4.50. The van der Waals surface area contributed by atoms with E-state index in [0.717, 1.165) is 11.3 Å². The molecule has 2 nitrogen and oxygen atoms in total. The molecule has 0 atom stereocenters. The Bertz CT molecular complexity index is 601. The Hall–Kier alpha value is -1.83. The molecule has 1 aromatic carbocycles. The van der Waals surface area contributed by atoms with Gasteiger partial charge in [0.1, 0.15) is 0 Å². The van der Waals surface area contributed by atoms with Gasteiger partial charge in [-0.25, -0.2) is 0 Å². The molecule has 0 amide bonds. The van der Waals surface area contributed by atoms with Gasteiger partial charge in [-0.3, -0.25) is 9.36 Å². The molecule has 0 aliphatic carbocycles. The lowest BCUT2D eigenvalue weighted by atomic mass is 10.0. The third-order valence-corrected chi connectivity index (χ3v) is 2.79. The van der Waals surface area contributed by atoms with Crippen LogP contribution in [0.1, 0.15) is 32.3 Å². The molecule has 0 saturated heterocycles. The molecule has 0 aliphatic rings. The molecule has 0 N–H and O–H groups in total. The topological polar surface area (TPSA) is 22.0 Å². The summed E-state index contributed by atoms with van der Waals surface area (Å²) in [6, 6.07) is 11.2. The largest absolute Gasteiger partial charge is 0.284 e. The van der Waals surface area contributed by atoms with Gasteiger partial charge in [0.2, 0.25) is 0 Å². The Labute approximate surface area is 103 Å². The zero-order valence-corrected chi connectivity index (χ0v) is 10.2. The van der Waals surface area contributed by atoms with Crippen molar-refractivity contribution >= 4 is 0 Å². The number of benzene rings is 1. The minimum absolute atomic E-state index is 0.0619. The molecule has 0 spiro atoms. The number of aryl methyl sites for hydroxylation is 1. The standard InChI is InChI=1S/C15H17NO/c1-11(2)13-5-4-6-14(9-13)16-10-12(3)7-8-15(16)17/h4-11H,1-3H3/i3D. The van der Waals surface area contributed by atoms with Crippen molar-refractivity contribution in [3.05, 3.63) is 64.1 Å².